The summed E-state index contributed by atoms with van der Waals surface area (Å²) in [6, 6.07) is 8.47. The lowest BCUT2D eigenvalue weighted by atomic mass is 10.0. The Balaban J connectivity index is 1.36. The van der Waals surface area contributed by atoms with Gasteiger partial charge in [0.1, 0.15) is 19.0 Å². The first kappa shape index (κ1) is 14.4. The molecule has 0 amide bonds. The predicted octanol–water partition coefficient (Wildman–Crippen LogP) is 2.05. The van der Waals surface area contributed by atoms with E-state index in [1.54, 1.807) is 0 Å². The number of rotatable bonds is 4. The number of nitrogens with zero attached hydrogens (tertiary/aromatic N) is 2. The van der Waals surface area contributed by atoms with E-state index in [4.69, 9.17) is 9.47 Å². The number of nitrogens with one attached hydrogen (secondary N) is 2. The van der Waals surface area contributed by atoms with E-state index in [9.17, 15) is 0 Å². The van der Waals surface area contributed by atoms with E-state index in [2.05, 4.69) is 34.8 Å². The smallest absolute Gasteiger partial charge is 0.161 e. The van der Waals surface area contributed by atoms with Crippen LogP contribution in [-0.2, 0) is 6.54 Å². The predicted molar refractivity (Wildman–Crippen MR) is 88.1 cm³/mol. The molecule has 2 aliphatic rings. The summed E-state index contributed by atoms with van der Waals surface area (Å²) in [5, 5.41) is 11.4. The molecule has 2 aliphatic heterocycles. The summed E-state index contributed by atoms with van der Waals surface area (Å²) >= 11 is 0. The first-order valence-electron chi connectivity index (χ1n) is 8.18. The van der Waals surface area contributed by atoms with Gasteiger partial charge in [0.2, 0.25) is 0 Å². The minimum Gasteiger partial charge on any atom is -0.486 e. The zero-order valence-electron chi connectivity index (χ0n) is 13.3. The normalized spacial score (nSPS) is 20.5. The van der Waals surface area contributed by atoms with Crippen molar-refractivity contribution in [3.63, 3.8) is 0 Å². The Hall–Kier alpha value is -2.21. The standard InChI is InChI=1S/C17H22N4O2/c1-12(14-2-3-15-16(8-14)23-7-6-22-15)18-9-13-10-19-17-4-5-20-21(17)11-13/h2-5,8,12-13,18-19H,6-7,9-11H2,1H3. The minimum atomic E-state index is 0.268. The molecular weight excluding hydrogens is 292 g/mol. The van der Waals surface area contributed by atoms with E-state index in [-0.39, 0.29) is 6.04 Å². The van der Waals surface area contributed by atoms with Gasteiger partial charge in [0, 0.05) is 37.7 Å². The molecule has 6 heteroatoms. The monoisotopic (exact) mass is 314 g/mol. The van der Waals surface area contributed by atoms with Gasteiger partial charge < -0.3 is 20.1 Å². The number of anilines is 1. The van der Waals surface area contributed by atoms with E-state index in [1.807, 2.05) is 23.0 Å². The first-order valence-corrected chi connectivity index (χ1v) is 8.18. The molecule has 0 saturated carbocycles. The summed E-state index contributed by atoms with van der Waals surface area (Å²) in [6.07, 6.45) is 1.84. The third-order valence-corrected chi connectivity index (χ3v) is 4.50. The van der Waals surface area contributed by atoms with E-state index in [0.717, 1.165) is 37.0 Å². The summed E-state index contributed by atoms with van der Waals surface area (Å²) in [6.45, 7) is 6.31. The molecule has 0 spiro atoms. The van der Waals surface area contributed by atoms with Gasteiger partial charge >= 0.3 is 0 Å². The van der Waals surface area contributed by atoms with Crippen LogP contribution in [0.25, 0.3) is 0 Å². The number of hydrogen-bond donors (Lipinski definition) is 2. The highest BCUT2D eigenvalue weighted by molar-refractivity contribution is 5.44. The third-order valence-electron chi connectivity index (χ3n) is 4.50. The molecule has 1 aromatic heterocycles. The molecule has 3 heterocycles. The molecule has 0 fully saturated rings. The van der Waals surface area contributed by atoms with E-state index < -0.39 is 0 Å². The molecule has 1 aromatic carbocycles. The molecule has 2 aromatic rings. The van der Waals surface area contributed by atoms with Crippen LogP contribution in [0, 0.1) is 5.92 Å². The molecule has 2 unspecified atom stereocenters. The lowest BCUT2D eigenvalue weighted by Crippen LogP contribution is -2.36. The van der Waals surface area contributed by atoms with Crippen LogP contribution in [0.2, 0.25) is 0 Å². The zero-order valence-corrected chi connectivity index (χ0v) is 13.3. The topological polar surface area (TPSA) is 60.3 Å². The summed E-state index contributed by atoms with van der Waals surface area (Å²) in [4.78, 5) is 0. The van der Waals surface area contributed by atoms with E-state index in [0.29, 0.717) is 19.1 Å². The molecule has 0 saturated heterocycles. The molecule has 2 atom stereocenters. The number of fused-ring (bicyclic) bond motifs is 2. The van der Waals surface area contributed by atoms with Gasteiger partial charge in [0.15, 0.2) is 11.5 Å². The summed E-state index contributed by atoms with van der Waals surface area (Å²) < 4.78 is 13.3. The maximum atomic E-state index is 5.66. The van der Waals surface area contributed by atoms with Crippen LogP contribution in [0.4, 0.5) is 5.82 Å². The second-order valence-corrected chi connectivity index (χ2v) is 6.18. The molecule has 2 N–H and O–H groups in total. The lowest BCUT2D eigenvalue weighted by molar-refractivity contribution is 0.171. The van der Waals surface area contributed by atoms with Crippen LogP contribution in [-0.4, -0.2) is 36.1 Å². The Morgan fingerprint density at radius 3 is 3.09 bits per heavy atom. The largest absolute Gasteiger partial charge is 0.486 e. The third kappa shape index (κ3) is 2.99. The maximum absolute atomic E-state index is 5.66. The SMILES string of the molecule is CC(NCC1CNc2ccnn2C1)c1ccc2c(c1)OCCO2. The maximum Gasteiger partial charge on any atom is 0.161 e. The average molecular weight is 314 g/mol. The molecule has 0 radical (unpaired) electrons. The molecule has 23 heavy (non-hydrogen) atoms. The Labute approximate surface area is 135 Å². The van der Waals surface area contributed by atoms with Gasteiger partial charge in [-0.15, -0.1) is 0 Å². The average Bonchev–Trinajstić information content (AvgIpc) is 3.07. The van der Waals surface area contributed by atoms with Gasteiger partial charge in [-0.3, -0.25) is 0 Å². The van der Waals surface area contributed by atoms with Crippen molar-refractivity contribution in [3.8, 4) is 11.5 Å². The second kappa shape index (κ2) is 6.12. The van der Waals surface area contributed by atoms with Gasteiger partial charge in [-0.1, -0.05) is 6.07 Å². The van der Waals surface area contributed by atoms with Gasteiger partial charge in [-0.05, 0) is 24.6 Å². The van der Waals surface area contributed by atoms with Crippen LogP contribution in [0.5, 0.6) is 11.5 Å². The van der Waals surface area contributed by atoms with Crippen molar-refractivity contribution in [1.82, 2.24) is 15.1 Å². The molecule has 0 aliphatic carbocycles. The van der Waals surface area contributed by atoms with Crippen molar-refractivity contribution >= 4 is 5.82 Å². The van der Waals surface area contributed by atoms with Crippen LogP contribution in [0.15, 0.2) is 30.5 Å². The van der Waals surface area contributed by atoms with Gasteiger partial charge in [0.05, 0.1) is 6.20 Å². The van der Waals surface area contributed by atoms with E-state index in [1.165, 1.54) is 5.56 Å². The van der Waals surface area contributed by atoms with Crippen LogP contribution in [0.1, 0.15) is 18.5 Å². The molecular formula is C17H22N4O2. The van der Waals surface area contributed by atoms with Crippen molar-refractivity contribution < 1.29 is 9.47 Å². The first-order chi connectivity index (χ1) is 11.3. The minimum absolute atomic E-state index is 0.268. The van der Waals surface area contributed by atoms with E-state index >= 15 is 0 Å². The fourth-order valence-electron chi connectivity index (χ4n) is 3.11. The Morgan fingerprint density at radius 2 is 2.17 bits per heavy atom. The highest BCUT2D eigenvalue weighted by Crippen LogP contribution is 2.32. The molecule has 6 nitrogen and oxygen atoms in total. The number of aromatic nitrogens is 2. The molecule has 0 bridgehead atoms. The summed E-state index contributed by atoms with van der Waals surface area (Å²) in [7, 11) is 0. The Morgan fingerprint density at radius 1 is 1.30 bits per heavy atom. The molecule has 4 rings (SSSR count). The fraction of sp³-hybridized carbons (Fsp3) is 0.471. The van der Waals surface area contributed by atoms with Gasteiger partial charge in [-0.25, -0.2) is 4.68 Å². The van der Waals surface area contributed by atoms with Gasteiger partial charge in [0.25, 0.3) is 0 Å². The van der Waals surface area contributed by atoms with Crippen molar-refractivity contribution in [1.29, 1.82) is 0 Å². The number of hydrogen-bond acceptors (Lipinski definition) is 5. The van der Waals surface area contributed by atoms with Crippen molar-refractivity contribution in [2.75, 3.05) is 31.6 Å². The van der Waals surface area contributed by atoms with Crippen LogP contribution in [0.3, 0.4) is 0 Å². The zero-order chi connectivity index (χ0) is 15.6. The van der Waals surface area contributed by atoms with Crippen molar-refractivity contribution in [2.45, 2.75) is 19.5 Å². The van der Waals surface area contributed by atoms with Crippen molar-refractivity contribution in [3.05, 3.63) is 36.0 Å². The van der Waals surface area contributed by atoms with Gasteiger partial charge in [-0.2, -0.15) is 5.10 Å². The number of ether oxygens (including phenoxy) is 2. The quantitative estimate of drug-likeness (QED) is 0.904. The summed E-state index contributed by atoms with van der Waals surface area (Å²) in [5.41, 5.74) is 1.22. The lowest BCUT2D eigenvalue weighted by Gasteiger charge is -2.27. The molecule has 122 valence electrons. The van der Waals surface area contributed by atoms with Crippen LogP contribution >= 0.6 is 0 Å². The highest BCUT2D eigenvalue weighted by atomic mass is 16.6. The second-order valence-electron chi connectivity index (χ2n) is 6.18. The van der Waals surface area contributed by atoms with Crippen LogP contribution < -0.4 is 20.1 Å². The highest BCUT2D eigenvalue weighted by Gasteiger charge is 2.19. The Bertz CT molecular complexity index is 685. The Kier molecular flexibility index (Phi) is 3.83. The van der Waals surface area contributed by atoms with Crippen molar-refractivity contribution in [2.24, 2.45) is 5.92 Å². The summed E-state index contributed by atoms with van der Waals surface area (Å²) in [5.74, 6) is 3.33. The fourth-order valence-corrected chi connectivity index (χ4v) is 3.11. The number of benzene rings is 1.